The molecule has 0 radical (unpaired) electrons. The summed E-state index contributed by atoms with van der Waals surface area (Å²) in [5.74, 6) is -1.96. The van der Waals surface area contributed by atoms with Crippen LogP contribution in [0.1, 0.15) is 45.4 Å². The first kappa shape index (κ1) is 15.5. The molecule has 0 aromatic heterocycles. The number of carbonyl (C=O) groups is 4. The van der Waals surface area contributed by atoms with Crippen molar-refractivity contribution in [3.8, 4) is 0 Å². The lowest BCUT2D eigenvalue weighted by Gasteiger charge is -2.43. The largest absolute Gasteiger partial charge is 0.469 e. The molecule has 25 heavy (non-hydrogen) atoms. The van der Waals surface area contributed by atoms with Crippen LogP contribution in [-0.2, 0) is 28.7 Å². The molecule has 5 aliphatic rings. The summed E-state index contributed by atoms with van der Waals surface area (Å²) in [6.45, 7) is 1.64. The molecule has 0 N–H and O–H groups in total. The van der Waals surface area contributed by atoms with Crippen LogP contribution >= 0.6 is 0 Å². The second kappa shape index (κ2) is 4.33. The van der Waals surface area contributed by atoms with Crippen LogP contribution in [0, 0.1) is 34.5 Å². The molecule has 0 aromatic carbocycles. The zero-order valence-electron chi connectivity index (χ0n) is 14.5. The molecule has 5 rings (SSSR count). The van der Waals surface area contributed by atoms with Gasteiger partial charge in [0.25, 0.3) is 0 Å². The molecule has 1 aliphatic heterocycles. The van der Waals surface area contributed by atoms with E-state index in [-0.39, 0.29) is 23.4 Å². The Hall–Kier alpha value is -1.72. The van der Waals surface area contributed by atoms with Gasteiger partial charge in [-0.1, -0.05) is 0 Å². The Morgan fingerprint density at radius 3 is 2.72 bits per heavy atom. The Labute approximate surface area is 145 Å². The Bertz CT molecular complexity index is 742. The van der Waals surface area contributed by atoms with Crippen molar-refractivity contribution in [3.63, 3.8) is 0 Å². The van der Waals surface area contributed by atoms with E-state index in [9.17, 15) is 19.2 Å². The van der Waals surface area contributed by atoms with E-state index in [1.807, 2.05) is 0 Å². The summed E-state index contributed by atoms with van der Waals surface area (Å²) in [5.41, 5.74) is -2.58. The van der Waals surface area contributed by atoms with Gasteiger partial charge in [-0.2, -0.15) is 0 Å². The fraction of sp³-hybridized carbons (Fsp3) is 0.789. The molecule has 1 spiro atoms. The molecule has 5 fully saturated rings. The van der Waals surface area contributed by atoms with Crippen molar-refractivity contribution in [2.75, 3.05) is 7.11 Å². The topological polar surface area (TPSA) is 86.7 Å². The van der Waals surface area contributed by atoms with Crippen LogP contribution in [0.25, 0.3) is 0 Å². The maximum absolute atomic E-state index is 12.9. The third kappa shape index (κ3) is 1.42. The van der Waals surface area contributed by atoms with Gasteiger partial charge in [0.2, 0.25) is 0 Å². The Morgan fingerprint density at radius 1 is 1.24 bits per heavy atom. The monoisotopic (exact) mass is 346 g/mol. The maximum atomic E-state index is 12.9. The van der Waals surface area contributed by atoms with Crippen LogP contribution in [-0.4, -0.2) is 36.2 Å². The lowest BCUT2D eigenvalue weighted by Crippen LogP contribution is -2.51. The Balaban J connectivity index is 1.76. The molecule has 4 aliphatic carbocycles. The highest BCUT2D eigenvalue weighted by molar-refractivity contribution is 6.07. The van der Waals surface area contributed by atoms with Crippen LogP contribution in [0.4, 0.5) is 0 Å². The van der Waals surface area contributed by atoms with Crippen LogP contribution < -0.4 is 0 Å². The van der Waals surface area contributed by atoms with Crippen LogP contribution in [0.5, 0.6) is 0 Å². The lowest BCUT2D eigenvalue weighted by atomic mass is 9.59. The van der Waals surface area contributed by atoms with Crippen molar-refractivity contribution < 1.29 is 28.7 Å². The predicted octanol–water partition coefficient (Wildman–Crippen LogP) is 1.45. The number of esters is 2. The highest BCUT2D eigenvalue weighted by atomic mass is 16.6. The molecule has 0 amide bonds. The molecule has 6 heteroatoms. The number of carbonyl (C=O) groups excluding carboxylic acids is 4. The van der Waals surface area contributed by atoms with Gasteiger partial charge in [-0.05, 0) is 38.0 Å². The number of methoxy groups -OCH3 is 1. The molecule has 6 nitrogen and oxygen atoms in total. The standard InChI is InChI=1S/C19H22O6/c1-17-12(21)5-6-19(25-16(17)23)11-4-3-9-7-18(11,8-10(9)20)13(14(17)19)15(22)24-2/h9,11,13-14H,3-8H2,1-2H3/t9-,11-,13-,14-,17-,18-,19-/m1/s1. The molecular weight excluding hydrogens is 324 g/mol. The number of Topliss-reactive ketones (excluding diaryl/α,β-unsaturated/α-hetero) is 2. The minimum absolute atomic E-state index is 0.00213. The van der Waals surface area contributed by atoms with Gasteiger partial charge in [0.15, 0.2) is 5.78 Å². The number of ketones is 2. The van der Waals surface area contributed by atoms with Crippen molar-refractivity contribution in [2.24, 2.45) is 34.5 Å². The fourth-order valence-electron chi connectivity index (χ4n) is 7.41. The van der Waals surface area contributed by atoms with Gasteiger partial charge in [-0.25, -0.2) is 0 Å². The average molecular weight is 346 g/mol. The summed E-state index contributed by atoms with van der Waals surface area (Å²) in [6.07, 6.45) is 3.35. The minimum atomic E-state index is -1.29. The van der Waals surface area contributed by atoms with Gasteiger partial charge in [-0.3, -0.25) is 19.2 Å². The predicted molar refractivity (Wildman–Crippen MR) is 83.1 cm³/mol. The van der Waals surface area contributed by atoms with Crippen molar-refractivity contribution in [2.45, 2.75) is 51.0 Å². The van der Waals surface area contributed by atoms with Crippen LogP contribution in [0.2, 0.25) is 0 Å². The SMILES string of the molecule is COC(=O)[C@H]1[C@@H]2[C@@]3(C)C(=O)CC[C@@]2(OC3=O)[C@@H]2CC[C@@H]3C[C@@]21CC3=O. The van der Waals surface area contributed by atoms with E-state index in [1.54, 1.807) is 6.92 Å². The first-order chi connectivity index (χ1) is 11.8. The quantitative estimate of drug-likeness (QED) is 0.527. The van der Waals surface area contributed by atoms with Crippen LogP contribution in [0.3, 0.4) is 0 Å². The van der Waals surface area contributed by atoms with E-state index >= 15 is 0 Å². The summed E-state index contributed by atoms with van der Waals surface area (Å²) >= 11 is 0. The van der Waals surface area contributed by atoms with Gasteiger partial charge < -0.3 is 9.47 Å². The third-order valence-electron chi connectivity index (χ3n) is 8.26. The van der Waals surface area contributed by atoms with Crippen molar-refractivity contribution >= 4 is 23.5 Å². The first-order valence-corrected chi connectivity index (χ1v) is 9.18. The summed E-state index contributed by atoms with van der Waals surface area (Å²) in [4.78, 5) is 50.9. The number of ether oxygens (including phenoxy) is 2. The molecule has 1 heterocycles. The van der Waals surface area contributed by atoms with Crippen molar-refractivity contribution in [3.05, 3.63) is 0 Å². The molecular formula is C19H22O6. The minimum Gasteiger partial charge on any atom is -0.469 e. The highest BCUT2D eigenvalue weighted by Crippen LogP contribution is 2.76. The van der Waals surface area contributed by atoms with Crippen molar-refractivity contribution in [1.82, 2.24) is 0 Å². The molecule has 1 saturated heterocycles. The zero-order chi connectivity index (χ0) is 17.8. The van der Waals surface area contributed by atoms with E-state index in [4.69, 9.17) is 9.47 Å². The molecule has 0 unspecified atom stereocenters. The summed E-state index contributed by atoms with van der Waals surface area (Å²) in [6, 6.07) is 0. The van der Waals surface area contributed by atoms with Crippen LogP contribution in [0.15, 0.2) is 0 Å². The highest BCUT2D eigenvalue weighted by Gasteiger charge is 2.83. The van der Waals surface area contributed by atoms with Gasteiger partial charge in [0.05, 0.1) is 13.0 Å². The molecule has 4 bridgehead atoms. The smallest absolute Gasteiger partial charge is 0.320 e. The molecule has 0 aromatic rings. The second-order valence-corrected chi connectivity index (χ2v) is 8.86. The van der Waals surface area contributed by atoms with E-state index in [2.05, 4.69) is 0 Å². The Morgan fingerprint density at radius 2 is 2.00 bits per heavy atom. The van der Waals surface area contributed by atoms with Crippen molar-refractivity contribution in [1.29, 1.82) is 0 Å². The van der Waals surface area contributed by atoms with Gasteiger partial charge in [0, 0.05) is 30.6 Å². The van der Waals surface area contributed by atoms with Gasteiger partial charge in [0.1, 0.15) is 16.8 Å². The van der Waals surface area contributed by atoms with E-state index < -0.39 is 40.2 Å². The normalized spacial score (nSPS) is 52.6. The number of fused-ring (bicyclic) bond motifs is 1. The fourth-order valence-corrected chi connectivity index (χ4v) is 7.41. The van der Waals surface area contributed by atoms with E-state index in [1.165, 1.54) is 7.11 Å². The number of hydrogen-bond donors (Lipinski definition) is 0. The van der Waals surface area contributed by atoms with E-state index in [0.717, 1.165) is 12.8 Å². The molecule has 134 valence electrons. The van der Waals surface area contributed by atoms with E-state index in [0.29, 0.717) is 25.7 Å². The summed E-state index contributed by atoms with van der Waals surface area (Å²) in [7, 11) is 1.34. The summed E-state index contributed by atoms with van der Waals surface area (Å²) in [5, 5.41) is 0. The van der Waals surface area contributed by atoms with Gasteiger partial charge >= 0.3 is 11.9 Å². The number of rotatable bonds is 1. The van der Waals surface area contributed by atoms with Gasteiger partial charge in [-0.15, -0.1) is 0 Å². The maximum Gasteiger partial charge on any atom is 0.320 e. The zero-order valence-corrected chi connectivity index (χ0v) is 14.5. The average Bonchev–Trinajstić information content (AvgIpc) is 3.05. The summed E-state index contributed by atoms with van der Waals surface area (Å²) < 4.78 is 11.1. The molecule has 4 saturated carbocycles. The lowest BCUT2D eigenvalue weighted by molar-refractivity contribution is -0.161. The second-order valence-electron chi connectivity index (χ2n) is 8.86. The molecule has 7 atom stereocenters. The Kier molecular flexibility index (Phi) is 2.69. The third-order valence-corrected chi connectivity index (χ3v) is 8.26. The first-order valence-electron chi connectivity index (χ1n) is 9.18. The number of hydrogen-bond acceptors (Lipinski definition) is 6.